The fourth-order valence-corrected chi connectivity index (χ4v) is 4.79. The van der Waals surface area contributed by atoms with Crippen LogP contribution in [-0.4, -0.2) is 9.28 Å². The van der Waals surface area contributed by atoms with Gasteiger partial charge in [0.05, 0.1) is 3.23 Å². The van der Waals surface area contributed by atoms with Crippen molar-refractivity contribution in [3.05, 3.63) is 65.5 Å². The molecule has 2 rings (SSSR count). The number of nitrogens with one attached hydrogen (secondary N) is 1. The van der Waals surface area contributed by atoms with Crippen molar-refractivity contribution in [1.82, 2.24) is 0 Å². The normalized spacial score (nSPS) is 13.1. The van der Waals surface area contributed by atoms with Crippen LogP contribution >= 0.6 is 31.9 Å². The number of halogens is 3. The summed E-state index contributed by atoms with van der Waals surface area (Å²) in [6.07, 6.45) is 1.99. The minimum absolute atomic E-state index is 0.0560. The molecule has 1 unspecified atom stereocenters. The van der Waals surface area contributed by atoms with Gasteiger partial charge in [0.25, 0.3) is 0 Å². The van der Waals surface area contributed by atoms with E-state index in [2.05, 4.69) is 76.1 Å². The molecule has 2 aromatic carbocycles. The first-order valence-corrected chi connectivity index (χ1v) is 9.92. The van der Waals surface area contributed by atoms with Crippen molar-refractivity contribution in [2.45, 2.75) is 48.8 Å². The number of anilines is 1. The van der Waals surface area contributed by atoms with Crippen LogP contribution in [0.5, 0.6) is 0 Å². The molecule has 1 atom stereocenters. The zero-order valence-corrected chi connectivity index (χ0v) is 17.5. The molecule has 0 saturated heterocycles. The van der Waals surface area contributed by atoms with Gasteiger partial charge in [0, 0.05) is 17.6 Å². The molecule has 0 radical (unpaired) electrons. The highest BCUT2D eigenvalue weighted by atomic mass is 79.9. The van der Waals surface area contributed by atoms with Crippen LogP contribution in [0, 0.1) is 5.82 Å². The largest absolute Gasteiger partial charge is 0.383 e. The zero-order valence-electron chi connectivity index (χ0n) is 14.3. The van der Waals surface area contributed by atoms with Gasteiger partial charge in [-0.25, -0.2) is 4.39 Å². The minimum atomic E-state index is -0.290. The summed E-state index contributed by atoms with van der Waals surface area (Å²) in [4.78, 5) is 0. The van der Waals surface area contributed by atoms with Crippen molar-refractivity contribution < 1.29 is 4.39 Å². The quantitative estimate of drug-likeness (QED) is 0.439. The lowest BCUT2D eigenvalue weighted by Crippen LogP contribution is -2.25. The third-order valence-electron chi connectivity index (χ3n) is 3.92. The second kappa shape index (κ2) is 8.48. The van der Waals surface area contributed by atoms with Crippen molar-refractivity contribution in [2.75, 3.05) is 5.32 Å². The standard InChI is InChI=1S/C20H24Br2FN/c1-4-13-20(21,22)19(15-9-11-16(23)12-10-15)17-7-5-6-8-18(17)24-14(2)3/h5-12,14,19,24H,4,13H2,1-3H3. The molecule has 1 N–H and O–H groups in total. The minimum Gasteiger partial charge on any atom is -0.383 e. The van der Waals surface area contributed by atoms with Gasteiger partial charge in [-0.3, -0.25) is 0 Å². The summed E-state index contributed by atoms with van der Waals surface area (Å²) in [6.45, 7) is 6.42. The Morgan fingerprint density at radius 3 is 2.25 bits per heavy atom. The van der Waals surface area contributed by atoms with E-state index in [4.69, 9.17) is 0 Å². The van der Waals surface area contributed by atoms with Crippen LogP contribution in [0.25, 0.3) is 0 Å². The molecule has 0 amide bonds. The lowest BCUT2D eigenvalue weighted by atomic mass is 9.85. The second-order valence-electron chi connectivity index (χ2n) is 6.38. The average Bonchev–Trinajstić information content (AvgIpc) is 2.50. The Hall–Kier alpha value is -0.870. The van der Waals surface area contributed by atoms with E-state index in [9.17, 15) is 4.39 Å². The number of hydrogen-bond acceptors (Lipinski definition) is 1. The summed E-state index contributed by atoms with van der Waals surface area (Å²) in [6, 6.07) is 15.5. The predicted octanol–water partition coefficient (Wildman–Crippen LogP) is 7.06. The molecule has 0 spiro atoms. The zero-order chi connectivity index (χ0) is 17.7. The van der Waals surface area contributed by atoms with Gasteiger partial charge in [-0.15, -0.1) is 0 Å². The Balaban J connectivity index is 2.56. The third-order valence-corrected chi connectivity index (χ3v) is 5.63. The fourth-order valence-electron chi connectivity index (χ4n) is 2.97. The average molecular weight is 457 g/mol. The first-order chi connectivity index (χ1) is 11.3. The molecule has 2 aromatic rings. The van der Waals surface area contributed by atoms with Crippen molar-refractivity contribution >= 4 is 37.5 Å². The van der Waals surface area contributed by atoms with E-state index in [0.717, 1.165) is 24.1 Å². The van der Waals surface area contributed by atoms with Crippen LogP contribution < -0.4 is 5.32 Å². The highest BCUT2D eigenvalue weighted by Gasteiger charge is 2.36. The van der Waals surface area contributed by atoms with E-state index in [1.165, 1.54) is 17.7 Å². The molecule has 0 aliphatic rings. The van der Waals surface area contributed by atoms with Gasteiger partial charge < -0.3 is 5.32 Å². The molecule has 24 heavy (non-hydrogen) atoms. The molecule has 0 fully saturated rings. The molecular formula is C20H24Br2FN. The summed E-state index contributed by atoms with van der Waals surface area (Å²) in [7, 11) is 0. The number of para-hydroxylation sites is 1. The van der Waals surface area contributed by atoms with Crippen molar-refractivity contribution in [1.29, 1.82) is 0 Å². The summed E-state index contributed by atoms with van der Waals surface area (Å²) in [5.74, 6) is -0.156. The van der Waals surface area contributed by atoms with Gasteiger partial charge in [-0.05, 0) is 49.6 Å². The van der Waals surface area contributed by atoms with Crippen LogP contribution in [0.3, 0.4) is 0 Å². The molecule has 0 bridgehead atoms. The van der Waals surface area contributed by atoms with Crippen molar-refractivity contribution in [3.8, 4) is 0 Å². The molecule has 0 aliphatic carbocycles. The molecule has 1 nitrogen and oxygen atoms in total. The maximum absolute atomic E-state index is 13.4. The lowest BCUT2D eigenvalue weighted by molar-refractivity contribution is 0.620. The van der Waals surface area contributed by atoms with Crippen LogP contribution in [-0.2, 0) is 0 Å². The van der Waals surface area contributed by atoms with E-state index in [-0.39, 0.29) is 15.0 Å². The monoisotopic (exact) mass is 455 g/mol. The van der Waals surface area contributed by atoms with E-state index in [1.54, 1.807) is 0 Å². The number of alkyl halides is 2. The third kappa shape index (κ3) is 4.82. The van der Waals surface area contributed by atoms with E-state index < -0.39 is 0 Å². The molecule has 0 heterocycles. The number of rotatable bonds is 7. The van der Waals surface area contributed by atoms with Crippen molar-refractivity contribution in [2.24, 2.45) is 0 Å². The van der Waals surface area contributed by atoms with Crippen LogP contribution in [0.2, 0.25) is 0 Å². The summed E-state index contributed by atoms with van der Waals surface area (Å²) in [5.41, 5.74) is 3.39. The van der Waals surface area contributed by atoms with E-state index in [0.29, 0.717) is 6.04 Å². The van der Waals surface area contributed by atoms with Crippen LogP contribution in [0.1, 0.15) is 50.7 Å². The van der Waals surface area contributed by atoms with Gasteiger partial charge in [-0.1, -0.05) is 75.5 Å². The molecule has 0 aromatic heterocycles. The number of benzene rings is 2. The molecule has 0 saturated carbocycles. The lowest BCUT2D eigenvalue weighted by Gasteiger charge is -2.33. The Labute approximate surface area is 161 Å². The maximum atomic E-state index is 13.4. The van der Waals surface area contributed by atoms with Gasteiger partial charge in [0.15, 0.2) is 0 Å². The molecule has 130 valence electrons. The Kier molecular flexibility index (Phi) is 6.88. The van der Waals surface area contributed by atoms with Gasteiger partial charge in [0.2, 0.25) is 0 Å². The number of hydrogen-bond donors (Lipinski definition) is 1. The molecule has 0 aliphatic heterocycles. The smallest absolute Gasteiger partial charge is 0.123 e. The maximum Gasteiger partial charge on any atom is 0.123 e. The second-order valence-corrected chi connectivity index (χ2v) is 10.3. The highest BCUT2D eigenvalue weighted by molar-refractivity contribution is 9.25. The Morgan fingerprint density at radius 1 is 1.04 bits per heavy atom. The van der Waals surface area contributed by atoms with E-state index >= 15 is 0 Å². The topological polar surface area (TPSA) is 12.0 Å². The summed E-state index contributed by atoms with van der Waals surface area (Å²) >= 11 is 7.79. The SMILES string of the molecule is CCCC(Br)(Br)C(c1ccc(F)cc1)c1ccccc1NC(C)C. The highest BCUT2D eigenvalue weighted by Crippen LogP contribution is 2.50. The first-order valence-electron chi connectivity index (χ1n) is 8.34. The first kappa shape index (κ1) is 19.5. The molecule has 4 heteroatoms. The Bertz CT molecular complexity index is 653. The molecular weight excluding hydrogens is 433 g/mol. The van der Waals surface area contributed by atoms with Crippen molar-refractivity contribution in [3.63, 3.8) is 0 Å². The van der Waals surface area contributed by atoms with Crippen LogP contribution in [0.15, 0.2) is 48.5 Å². The fraction of sp³-hybridized carbons (Fsp3) is 0.400. The predicted molar refractivity (Wildman–Crippen MR) is 109 cm³/mol. The van der Waals surface area contributed by atoms with E-state index in [1.807, 2.05) is 18.2 Å². The van der Waals surface area contributed by atoms with Gasteiger partial charge >= 0.3 is 0 Å². The summed E-state index contributed by atoms with van der Waals surface area (Å²) in [5, 5.41) is 3.53. The summed E-state index contributed by atoms with van der Waals surface area (Å²) < 4.78 is 13.1. The van der Waals surface area contributed by atoms with Gasteiger partial charge in [0.1, 0.15) is 5.82 Å². The Morgan fingerprint density at radius 2 is 1.67 bits per heavy atom. The van der Waals surface area contributed by atoms with Crippen LogP contribution in [0.4, 0.5) is 10.1 Å². The van der Waals surface area contributed by atoms with Gasteiger partial charge in [-0.2, -0.15) is 0 Å².